The molecule has 2 aromatic rings. The lowest BCUT2D eigenvalue weighted by atomic mass is 9.88. The fourth-order valence-electron chi connectivity index (χ4n) is 3.31. The highest BCUT2D eigenvalue weighted by Crippen LogP contribution is 2.32. The van der Waals surface area contributed by atoms with Crippen LogP contribution >= 0.6 is 0 Å². The molecule has 3 atom stereocenters. The van der Waals surface area contributed by atoms with E-state index in [1.807, 2.05) is 60.7 Å². The second-order valence-electron chi connectivity index (χ2n) is 6.97. The Labute approximate surface area is 169 Å². The molecule has 29 heavy (non-hydrogen) atoms. The number of carbonyl (C=O) groups excluding carboxylic acids is 3. The number of benzene rings is 2. The Morgan fingerprint density at radius 1 is 1.03 bits per heavy atom. The minimum absolute atomic E-state index is 0.130. The summed E-state index contributed by atoms with van der Waals surface area (Å²) in [6.07, 6.45) is -1.36. The maximum atomic E-state index is 12.7. The van der Waals surface area contributed by atoms with Gasteiger partial charge in [0.1, 0.15) is 12.5 Å². The Morgan fingerprint density at radius 2 is 1.62 bits per heavy atom. The minimum atomic E-state index is -0.732. The summed E-state index contributed by atoms with van der Waals surface area (Å²) in [5.74, 6) is -1.33. The Morgan fingerprint density at radius 3 is 2.21 bits per heavy atom. The van der Waals surface area contributed by atoms with Crippen molar-refractivity contribution in [2.75, 3.05) is 0 Å². The van der Waals surface area contributed by atoms with Gasteiger partial charge in [-0.1, -0.05) is 60.7 Å². The van der Waals surface area contributed by atoms with Gasteiger partial charge in [0.05, 0.1) is 0 Å². The van der Waals surface area contributed by atoms with E-state index in [2.05, 4.69) is 5.32 Å². The van der Waals surface area contributed by atoms with Crippen molar-refractivity contribution in [1.82, 2.24) is 10.2 Å². The molecular weight excluding hydrogens is 372 g/mol. The number of amides is 2. The Bertz CT molecular complexity index is 856. The quantitative estimate of drug-likeness (QED) is 0.575. The van der Waals surface area contributed by atoms with Crippen LogP contribution in [0.3, 0.4) is 0 Å². The van der Waals surface area contributed by atoms with E-state index in [1.54, 1.807) is 6.92 Å². The van der Waals surface area contributed by atoms with Crippen LogP contribution in [0.1, 0.15) is 25.0 Å². The Balaban J connectivity index is 1.59. The van der Waals surface area contributed by atoms with E-state index in [1.165, 1.54) is 11.8 Å². The molecule has 1 saturated heterocycles. The number of nitrogens with one attached hydrogen (secondary N) is 1. The van der Waals surface area contributed by atoms with Gasteiger partial charge in [-0.15, -0.1) is 0 Å². The van der Waals surface area contributed by atoms with Crippen LogP contribution in [0.2, 0.25) is 0 Å². The average Bonchev–Trinajstić information content (AvgIpc) is 2.71. The summed E-state index contributed by atoms with van der Waals surface area (Å²) in [5.41, 5.74) is 1.79. The predicted octanol–water partition coefficient (Wildman–Crippen LogP) is 2.85. The van der Waals surface area contributed by atoms with Crippen LogP contribution in [0, 0.1) is 5.92 Å². The fourth-order valence-corrected chi connectivity index (χ4v) is 3.31. The van der Waals surface area contributed by atoms with Crippen molar-refractivity contribution >= 4 is 18.0 Å². The maximum absolute atomic E-state index is 12.7. The fraction of sp³-hybridized carbons (Fsp3) is 0.318. The highest BCUT2D eigenvalue weighted by atomic mass is 16.6. The number of alkyl carbamates (subject to hydrolysis) is 1. The largest absolute Gasteiger partial charge is 0.445 e. The first-order chi connectivity index (χ1) is 14.0. The Hall–Kier alpha value is -3.35. The van der Waals surface area contributed by atoms with Crippen molar-refractivity contribution in [1.29, 1.82) is 0 Å². The molecule has 0 bridgehead atoms. The second kappa shape index (κ2) is 9.23. The molecule has 7 heteroatoms. The third kappa shape index (κ3) is 5.13. The first-order valence-corrected chi connectivity index (χ1v) is 9.44. The summed E-state index contributed by atoms with van der Waals surface area (Å²) in [4.78, 5) is 37.8. The smallest absolute Gasteiger partial charge is 0.407 e. The summed E-state index contributed by atoms with van der Waals surface area (Å²) < 4.78 is 10.6. The highest BCUT2D eigenvalue weighted by molar-refractivity contribution is 5.87. The van der Waals surface area contributed by atoms with Gasteiger partial charge in [0.15, 0.2) is 6.23 Å². The van der Waals surface area contributed by atoms with Gasteiger partial charge in [0.25, 0.3) is 0 Å². The van der Waals surface area contributed by atoms with Crippen LogP contribution in [-0.2, 0) is 32.2 Å². The van der Waals surface area contributed by atoms with Gasteiger partial charge in [-0.2, -0.15) is 0 Å². The van der Waals surface area contributed by atoms with Crippen molar-refractivity contribution in [3.05, 3.63) is 71.8 Å². The van der Waals surface area contributed by atoms with Gasteiger partial charge in [0.2, 0.25) is 5.91 Å². The van der Waals surface area contributed by atoms with Crippen LogP contribution in [0.15, 0.2) is 60.7 Å². The number of hydrogen-bond acceptors (Lipinski definition) is 5. The van der Waals surface area contributed by atoms with Gasteiger partial charge < -0.3 is 19.7 Å². The number of hydrogen-bond donors (Lipinski definition) is 1. The minimum Gasteiger partial charge on any atom is -0.445 e. The summed E-state index contributed by atoms with van der Waals surface area (Å²) in [7, 11) is 0. The molecule has 1 heterocycles. The van der Waals surface area contributed by atoms with Crippen molar-refractivity contribution in [2.24, 2.45) is 5.92 Å². The summed E-state index contributed by atoms with van der Waals surface area (Å²) >= 11 is 0. The third-order valence-corrected chi connectivity index (χ3v) is 4.76. The molecule has 2 amide bonds. The number of β-lactam (4-membered cyclic amide) rings is 1. The molecule has 7 nitrogen and oxygen atoms in total. The molecule has 0 saturated carbocycles. The zero-order chi connectivity index (χ0) is 20.8. The van der Waals surface area contributed by atoms with Crippen LogP contribution in [-0.4, -0.2) is 35.1 Å². The lowest BCUT2D eigenvalue weighted by Crippen LogP contribution is -2.67. The maximum Gasteiger partial charge on any atom is 0.407 e. The van der Waals surface area contributed by atoms with E-state index in [9.17, 15) is 14.4 Å². The van der Waals surface area contributed by atoms with Crippen molar-refractivity contribution < 1.29 is 23.9 Å². The van der Waals surface area contributed by atoms with Gasteiger partial charge in [0, 0.05) is 19.5 Å². The summed E-state index contributed by atoms with van der Waals surface area (Å²) in [6.45, 7) is 3.46. The number of likely N-dealkylation sites (tertiary alicyclic amines) is 1. The third-order valence-electron chi connectivity index (χ3n) is 4.76. The topological polar surface area (TPSA) is 84.9 Å². The molecule has 0 unspecified atom stereocenters. The van der Waals surface area contributed by atoms with E-state index in [0.29, 0.717) is 6.54 Å². The molecule has 0 aliphatic carbocycles. The SMILES string of the molecule is CC(=O)O[C@@H]1[C@@H]([C@H](C)NC(=O)OCc2ccccc2)C(=O)N1Cc1ccccc1. The molecule has 1 fully saturated rings. The monoisotopic (exact) mass is 396 g/mol. The molecule has 1 aliphatic heterocycles. The lowest BCUT2D eigenvalue weighted by molar-refractivity contribution is -0.201. The number of ether oxygens (including phenoxy) is 2. The highest BCUT2D eigenvalue weighted by Gasteiger charge is 2.52. The standard InChI is InChI=1S/C22H24N2O5/c1-15(23-22(27)28-14-18-11-7-4-8-12-18)19-20(26)24(21(19)29-16(2)25)13-17-9-5-3-6-10-17/h3-12,15,19,21H,13-14H2,1-2H3,(H,23,27)/t15-,19-,21+/m0/s1. The van der Waals surface area contributed by atoms with E-state index >= 15 is 0 Å². The molecular formula is C22H24N2O5. The number of esters is 1. The molecule has 2 aromatic carbocycles. The van der Waals surface area contributed by atoms with Gasteiger partial charge in [-0.3, -0.25) is 9.59 Å². The predicted molar refractivity (Wildman–Crippen MR) is 105 cm³/mol. The van der Waals surface area contributed by atoms with E-state index in [0.717, 1.165) is 11.1 Å². The molecule has 1 N–H and O–H groups in total. The van der Waals surface area contributed by atoms with Crippen LogP contribution < -0.4 is 5.32 Å². The van der Waals surface area contributed by atoms with Crippen LogP contribution in [0.4, 0.5) is 4.79 Å². The lowest BCUT2D eigenvalue weighted by Gasteiger charge is -2.48. The molecule has 0 spiro atoms. The van der Waals surface area contributed by atoms with Crippen LogP contribution in [0.5, 0.6) is 0 Å². The zero-order valence-corrected chi connectivity index (χ0v) is 16.4. The molecule has 152 valence electrons. The van der Waals surface area contributed by atoms with Crippen LogP contribution in [0.25, 0.3) is 0 Å². The normalized spacial score (nSPS) is 19.1. The first kappa shape index (κ1) is 20.4. The molecule has 1 aliphatic rings. The number of nitrogens with zero attached hydrogens (tertiary/aromatic N) is 1. The van der Waals surface area contributed by atoms with Crippen molar-refractivity contribution in [3.8, 4) is 0 Å². The summed E-state index contributed by atoms with van der Waals surface area (Å²) in [6, 6.07) is 18.2. The van der Waals surface area contributed by atoms with Crippen molar-refractivity contribution in [2.45, 2.75) is 39.3 Å². The average molecular weight is 396 g/mol. The summed E-state index contributed by atoms with van der Waals surface area (Å²) in [5, 5.41) is 2.67. The number of rotatable bonds is 7. The first-order valence-electron chi connectivity index (χ1n) is 9.44. The molecule has 0 aromatic heterocycles. The van der Waals surface area contributed by atoms with E-state index in [-0.39, 0.29) is 12.5 Å². The van der Waals surface area contributed by atoms with Gasteiger partial charge in [-0.25, -0.2) is 4.79 Å². The second-order valence-corrected chi connectivity index (χ2v) is 6.97. The van der Waals surface area contributed by atoms with E-state index < -0.39 is 30.3 Å². The van der Waals surface area contributed by atoms with Gasteiger partial charge in [-0.05, 0) is 18.1 Å². The van der Waals surface area contributed by atoms with E-state index in [4.69, 9.17) is 9.47 Å². The number of carbonyl (C=O) groups is 3. The molecule has 0 radical (unpaired) electrons. The van der Waals surface area contributed by atoms with Gasteiger partial charge >= 0.3 is 12.1 Å². The zero-order valence-electron chi connectivity index (χ0n) is 16.4. The Kier molecular flexibility index (Phi) is 6.49. The van der Waals surface area contributed by atoms with Crippen molar-refractivity contribution in [3.63, 3.8) is 0 Å². The molecule has 3 rings (SSSR count).